The average molecular weight is 339 g/mol. The molecule has 1 aromatic heterocycles. The van der Waals surface area contributed by atoms with Gasteiger partial charge in [0.2, 0.25) is 0 Å². The van der Waals surface area contributed by atoms with Gasteiger partial charge in [0.05, 0.1) is 26.2 Å². The van der Waals surface area contributed by atoms with E-state index in [1.54, 1.807) is 20.3 Å². The fourth-order valence-electron chi connectivity index (χ4n) is 2.71. The molecule has 3 rings (SSSR count). The van der Waals surface area contributed by atoms with Gasteiger partial charge in [-0.1, -0.05) is 24.3 Å². The predicted molar refractivity (Wildman–Crippen MR) is 92.3 cm³/mol. The molecule has 0 aliphatic carbocycles. The molecule has 3 aromatic rings. The minimum Gasteiger partial charge on any atom is -0.497 e. The largest absolute Gasteiger partial charge is 0.497 e. The molecular weight excluding hydrogens is 322 g/mol. The Hall–Kier alpha value is -3.28. The molecule has 0 unspecified atom stereocenters. The molecule has 0 spiro atoms. The summed E-state index contributed by atoms with van der Waals surface area (Å²) < 4.78 is 15.9. The minimum atomic E-state index is -0.539. The lowest BCUT2D eigenvalue weighted by atomic mass is 9.89. The first-order valence-corrected chi connectivity index (χ1v) is 7.64. The second-order valence-electron chi connectivity index (χ2n) is 5.41. The van der Waals surface area contributed by atoms with Crippen LogP contribution in [0.5, 0.6) is 11.5 Å². The second kappa shape index (κ2) is 7.09. The Kier molecular flexibility index (Phi) is 4.70. The summed E-state index contributed by atoms with van der Waals surface area (Å²) in [5, 5.41) is 11.0. The van der Waals surface area contributed by atoms with E-state index in [4.69, 9.17) is 13.9 Å². The third-order valence-electron chi connectivity index (χ3n) is 3.98. The van der Waals surface area contributed by atoms with Crippen molar-refractivity contribution in [3.63, 3.8) is 0 Å². The zero-order chi connectivity index (χ0) is 17.8. The highest BCUT2D eigenvalue weighted by Gasteiger charge is 2.23. The summed E-state index contributed by atoms with van der Waals surface area (Å²) in [4.78, 5) is 10.4. The normalized spacial score (nSPS) is 10.7. The van der Waals surface area contributed by atoms with Crippen molar-refractivity contribution in [3.8, 4) is 11.5 Å². The fraction of sp³-hybridized carbons (Fsp3) is 0.158. The van der Waals surface area contributed by atoms with Gasteiger partial charge in [-0.05, 0) is 41.5 Å². The lowest BCUT2D eigenvalue weighted by molar-refractivity contribution is -0.402. The zero-order valence-corrected chi connectivity index (χ0v) is 13.8. The molecule has 2 aromatic carbocycles. The van der Waals surface area contributed by atoms with Crippen LogP contribution in [0.2, 0.25) is 0 Å². The highest BCUT2D eigenvalue weighted by molar-refractivity contribution is 5.44. The van der Waals surface area contributed by atoms with E-state index in [2.05, 4.69) is 0 Å². The van der Waals surface area contributed by atoms with Crippen molar-refractivity contribution < 1.29 is 18.8 Å². The van der Waals surface area contributed by atoms with Gasteiger partial charge >= 0.3 is 5.88 Å². The molecule has 0 aliphatic rings. The van der Waals surface area contributed by atoms with Crippen LogP contribution in [0.25, 0.3) is 0 Å². The van der Waals surface area contributed by atoms with Crippen molar-refractivity contribution >= 4 is 5.88 Å². The van der Waals surface area contributed by atoms with Crippen molar-refractivity contribution in [2.75, 3.05) is 14.2 Å². The number of benzene rings is 2. The summed E-state index contributed by atoms with van der Waals surface area (Å²) in [6, 6.07) is 18.1. The van der Waals surface area contributed by atoms with Crippen LogP contribution in [-0.4, -0.2) is 19.1 Å². The molecule has 0 amide bonds. The quantitative estimate of drug-likeness (QED) is 0.492. The maximum absolute atomic E-state index is 11.0. The molecular formula is C19H17NO5. The number of rotatable bonds is 6. The molecule has 6 nitrogen and oxygen atoms in total. The molecule has 1 heterocycles. The molecule has 128 valence electrons. The number of methoxy groups -OCH3 is 2. The topological polar surface area (TPSA) is 74.7 Å². The zero-order valence-electron chi connectivity index (χ0n) is 13.8. The van der Waals surface area contributed by atoms with Crippen molar-refractivity contribution in [1.82, 2.24) is 0 Å². The van der Waals surface area contributed by atoms with Gasteiger partial charge < -0.3 is 13.9 Å². The van der Waals surface area contributed by atoms with Gasteiger partial charge in [0.1, 0.15) is 22.2 Å². The van der Waals surface area contributed by atoms with Crippen molar-refractivity contribution in [3.05, 3.63) is 87.7 Å². The summed E-state index contributed by atoms with van der Waals surface area (Å²) in [6.45, 7) is 0. The third kappa shape index (κ3) is 3.47. The van der Waals surface area contributed by atoms with E-state index in [9.17, 15) is 10.1 Å². The molecule has 0 saturated carbocycles. The van der Waals surface area contributed by atoms with Gasteiger partial charge in [-0.15, -0.1) is 0 Å². The Bertz CT molecular complexity index is 805. The third-order valence-corrected chi connectivity index (χ3v) is 3.98. The smallest absolute Gasteiger partial charge is 0.433 e. The lowest BCUT2D eigenvalue weighted by Crippen LogP contribution is -2.02. The maximum atomic E-state index is 11.0. The molecule has 0 atom stereocenters. The molecule has 0 saturated heterocycles. The molecule has 0 fully saturated rings. The van der Waals surface area contributed by atoms with Crippen LogP contribution >= 0.6 is 0 Å². The Labute approximate surface area is 144 Å². The van der Waals surface area contributed by atoms with E-state index in [-0.39, 0.29) is 11.8 Å². The van der Waals surface area contributed by atoms with Crippen LogP contribution < -0.4 is 9.47 Å². The highest BCUT2D eigenvalue weighted by atomic mass is 16.6. The number of nitrogens with zero attached hydrogens (tertiary/aromatic N) is 1. The number of hydrogen-bond donors (Lipinski definition) is 0. The van der Waals surface area contributed by atoms with Crippen LogP contribution in [0.15, 0.2) is 65.1 Å². The van der Waals surface area contributed by atoms with Gasteiger partial charge in [-0.25, -0.2) is 0 Å². The summed E-state index contributed by atoms with van der Waals surface area (Å²) in [5.41, 5.74) is 1.88. The predicted octanol–water partition coefficient (Wildman–Crippen LogP) is 4.39. The van der Waals surface area contributed by atoms with Gasteiger partial charge in [-0.2, -0.15) is 0 Å². The first-order valence-electron chi connectivity index (χ1n) is 7.64. The first kappa shape index (κ1) is 16.6. The highest BCUT2D eigenvalue weighted by Crippen LogP contribution is 2.35. The van der Waals surface area contributed by atoms with Crippen molar-refractivity contribution in [2.45, 2.75) is 5.92 Å². The fourth-order valence-corrected chi connectivity index (χ4v) is 2.71. The Morgan fingerprint density at radius 3 is 1.68 bits per heavy atom. The number of hydrogen-bond acceptors (Lipinski definition) is 5. The second-order valence-corrected chi connectivity index (χ2v) is 5.41. The average Bonchev–Trinajstić information content (AvgIpc) is 3.13. The minimum absolute atomic E-state index is 0.273. The molecule has 0 radical (unpaired) electrons. The molecule has 6 heteroatoms. The van der Waals surface area contributed by atoms with Crippen LogP contribution in [0.3, 0.4) is 0 Å². The molecule has 0 aliphatic heterocycles. The van der Waals surface area contributed by atoms with Crippen molar-refractivity contribution in [1.29, 1.82) is 0 Å². The number of ether oxygens (including phenoxy) is 2. The van der Waals surface area contributed by atoms with Gasteiger partial charge in [0.25, 0.3) is 0 Å². The van der Waals surface area contributed by atoms with Crippen LogP contribution in [0.1, 0.15) is 22.8 Å². The SMILES string of the molecule is COc1ccc(C(c2ccc(OC)cc2)c2ccc([N+](=O)[O-])o2)cc1. The molecule has 0 N–H and O–H groups in total. The number of nitro groups is 1. The van der Waals surface area contributed by atoms with Crippen LogP contribution in [0, 0.1) is 10.1 Å². The summed E-state index contributed by atoms with van der Waals surface area (Å²) in [5.74, 6) is 1.43. The van der Waals surface area contributed by atoms with Crippen molar-refractivity contribution in [2.24, 2.45) is 0 Å². The molecule has 0 bridgehead atoms. The molecule has 25 heavy (non-hydrogen) atoms. The van der Waals surface area contributed by atoms with Crippen LogP contribution in [-0.2, 0) is 0 Å². The number of furan rings is 1. The standard InChI is InChI=1S/C19H17NO5/c1-23-15-7-3-13(4-8-15)19(14-5-9-16(24-2)10-6-14)17-11-12-18(25-17)20(21)22/h3-12,19H,1-2H3. The van der Waals surface area contributed by atoms with E-state index in [0.717, 1.165) is 22.6 Å². The van der Waals surface area contributed by atoms with E-state index in [0.29, 0.717) is 5.76 Å². The van der Waals surface area contributed by atoms with E-state index >= 15 is 0 Å². The van der Waals surface area contributed by atoms with Gasteiger partial charge in [-0.3, -0.25) is 10.1 Å². The van der Waals surface area contributed by atoms with Gasteiger partial charge in [0.15, 0.2) is 0 Å². The first-order chi connectivity index (χ1) is 12.1. The van der Waals surface area contributed by atoms with Crippen LogP contribution in [0.4, 0.5) is 5.88 Å². The van der Waals surface area contributed by atoms with E-state index in [1.807, 2.05) is 48.5 Å². The maximum Gasteiger partial charge on any atom is 0.433 e. The summed E-state index contributed by atoms with van der Waals surface area (Å²) in [7, 11) is 3.21. The monoisotopic (exact) mass is 339 g/mol. The van der Waals surface area contributed by atoms with E-state index < -0.39 is 4.92 Å². The Morgan fingerprint density at radius 1 is 0.840 bits per heavy atom. The summed E-state index contributed by atoms with van der Waals surface area (Å²) in [6.07, 6.45) is 0. The lowest BCUT2D eigenvalue weighted by Gasteiger charge is -2.16. The van der Waals surface area contributed by atoms with Gasteiger partial charge in [0, 0.05) is 0 Å². The van der Waals surface area contributed by atoms with E-state index in [1.165, 1.54) is 6.07 Å². The Balaban J connectivity index is 2.06. The Morgan fingerprint density at radius 2 is 1.32 bits per heavy atom. The summed E-state index contributed by atoms with van der Waals surface area (Å²) >= 11 is 0.